The molecule has 0 N–H and O–H groups in total. The van der Waals surface area contributed by atoms with Gasteiger partial charge in [0, 0.05) is 30.7 Å². The van der Waals surface area contributed by atoms with Gasteiger partial charge in [-0.2, -0.15) is 4.31 Å². The highest BCUT2D eigenvalue weighted by Gasteiger charge is 2.38. The van der Waals surface area contributed by atoms with Gasteiger partial charge in [0.2, 0.25) is 15.9 Å². The first-order chi connectivity index (χ1) is 10.5. The van der Waals surface area contributed by atoms with Crippen LogP contribution in [0.15, 0.2) is 33.6 Å². The summed E-state index contributed by atoms with van der Waals surface area (Å²) in [6.07, 6.45) is 2.72. The van der Waals surface area contributed by atoms with Gasteiger partial charge in [0.15, 0.2) is 0 Å². The van der Waals surface area contributed by atoms with Crippen molar-refractivity contribution in [1.82, 2.24) is 9.21 Å². The Hall–Kier alpha value is -0.920. The summed E-state index contributed by atoms with van der Waals surface area (Å²) in [7, 11) is -3.54. The normalized spacial score (nSPS) is 23.1. The van der Waals surface area contributed by atoms with E-state index in [-0.39, 0.29) is 16.7 Å². The summed E-state index contributed by atoms with van der Waals surface area (Å²) in [5, 5.41) is 0. The molecule has 0 aromatic heterocycles. The predicted molar refractivity (Wildman–Crippen MR) is 86.8 cm³/mol. The highest BCUT2D eigenvalue weighted by Crippen LogP contribution is 2.30. The third kappa shape index (κ3) is 2.94. The minimum atomic E-state index is -3.54. The molecular weight excluding hydrogens is 368 g/mol. The summed E-state index contributed by atoms with van der Waals surface area (Å²) in [5.74, 6) is -0.0855. The number of rotatable bonds is 3. The fourth-order valence-electron chi connectivity index (χ4n) is 3.14. The Balaban J connectivity index is 1.74. The first-order valence-electron chi connectivity index (χ1n) is 7.53. The van der Waals surface area contributed by atoms with E-state index in [1.54, 1.807) is 24.3 Å². The number of carbonyl (C=O) groups is 1. The second-order valence-corrected chi connectivity index (χ2v) is 8.57. The third-order valence-electron chi connectivity index (χ3n) is 4.37. The summed E-state index contributed by atoms with van der Waals surface area (Å²) in [4.78, 5) is 14.6. The molecule has 0 bridgehead atoms. The topological polar surface area (TPSA) is 57.7 Å². The van der Waals surface area contributed by atoms with Crippen molar-refractivity contribution < 1.29 is 13.2 Å². The van der Waals surface area contributed by atoms with Gasteiger partial charge in [-0.25, -0.2) is 8.42 Å². The number of likely N-dealkylation sites (tertiary alicyclic amines) is 1. The zero-order chi connectivity index (χ0) is 15.7. The van der Waals surface area contributed by atoms with Gasteiger partial charge < -0.3 is 4.90 Å². The number of hydrogen-bond donors (Lipinski definition) is 0. The average molecular weight is 387 g/mol. The van der Waals surface area contributed by atoms with E-state index in [9.17, 15) is 13.2 Å². The SMILES string of the molecule is O=C(C1CCN(S(=O)(=O)c2ccccc2Br)C1)N1CCCC1. The number of amides is 1. The van der Waals surface area contributed by atoms with Crippen molar-refractivity contribution in [3.63, 3.8) is 0 Å². The lowest BCUT2D eigenvalue weighted by Gasteiger charge is -2.21. The Morgan fingerprint density at radius 1 is 1.14 bits per heavy atom. The molecule has 1 atom stereocenters. The molecule has 0 aliphatic carbocycles. The minimum Gasteiger partial charge on any atom is -0.342 e. The highest BCUT2D eigenvalue weighted by molar-refractivity contribution is 9.10. The van der Waals surface area contributed by atoms with E-state index in [0.29, 0.717) is 24.0 Å². The molecule has 1 unspecified atom stereocenters. The molecule has 0 radical (unpaired) electrons. The number of sulfonamides is 1. The van der Waals surface area contributed by atoms with E-state index in [4.69, 9.17) is 0 Å². The minimum absolute atomic E-state index is 0.113. The molecule has 2 fully saturated rings. The van der Waals surface area contributed by atoms with Gasteiger partial charge in [0.25, 0.3) is 0 Å². The molecule has 5 nitrogen and oxygen atoms in total. The van der Waals surface area contributed by atoms with E-state index in [0.717, 1.165) is 25.9 Å². The zero-order valence-corrected chi connectivity index (χ0v) is 14.6. The lowest BCUT2D eigenvalue weighted by atomic mass is 10.1. The van der Waals surface area contributed by atoms with E-state index in [2.05, 4.69) is 15.9 Å². The van der Waals surface area contributed by atoms with Crippen molar-refractivity contribution in [3.8, 4) is 0 Å². The first kappa shape index (κ1) is 16.0. The monoisotopic (exact) mass is 386 g/mol. The standard InChI is InChI=1S/C15H19BrN2O3S/c16-13-5-1-2-6-14(13)22(20,21)18-10-7-12(11-18)15(19)17-8-3-4-9-17/h1-2,5-6,12H,3-4,7-11H2. The van der Waals surface area contributed by atoms with Gasteiger partial charge >= 0.3 is 0 Å². The third-order valence-corrected chi connectivity index (χ3v) is 7.25. The van der Waals surface area contributed by atoms with Crippen LogP contribution in [0.2, 0.25) is 0 Å². The van der Waals surface area contributed by atoms with Gasteiger partial charge in [-0.3, -0.25) is 4.79 Å². The van der Waals surface area contributed by atoms with Crippen LogP contribution in [0.3, 0.4) is 0 Å². The van der Waals surface area contributed by atoms with Crippen molar-refractivity contribution in [2.45, 2.75) is 24.2 Å². The Bertz CT molecular complexity index is 671. The molecule has 2 aliphatic rings. The number of halogens is 1. The second-order valence-electron chi connectivity index (χ2n) is 5.81. The Morgan fingerprint density at radius 2 is 1.82 bits per heavy atom. The van der Waals surface area contributed by atoms with Crippen LogP contribution in [0, 0.1) is 5.92 Å². The summed E-state index contributed by atoms with van der Waals surface area (Å²) in [6, 6.07) is 6.80. The summed E-state index contributed by atoms with van der Waals surface area (Å²) >= 11 is 3.30. The van der Waals surface area contributed by atoms with Crippen LogP contribution in [0.5, 0.6) is 0 Å². The van der Waals surface area contributed by atoms with E-state index in [1.165, 1.54) is 4.31 Å². The van der Waals surface area contributed by atoms with Crippen LogP contribution in [-0.4, -0.2) is 49.7 Å². The fourth-order valence-corrected chi connectivity index (χ4v) is 5.60. The maximum atomic E-state index is 12.7. The molecule has 120 valence electrons. The van der Waals surface area contributed by atoms with Gasteiger partial charge in [0.1, 0.15) is 0 Å². The number of benzene rings is 1. The van der Waals surface area contributed by atoms with Crippen molar-refractivity contribution in [2.24, 2.45) is 5.92 Å². The van der Waals surface area contributed by atoms with E-state index < -0.39 is 10.0 Å². The molecule has 1 aromatic rings. The van der Waals surface area contributed by atoms with Crippen molar-refractivity contribution in [1.29, 1.82) is 0 Å². The molecule has 0 spiro atoms. The molecule has 7 heteroatoms. The lowest BCUT2D eigenvalue weighted by Crippen LogP contribution is -2.36. The smallest absolute Gasteiger partial charge is 0.244 e. The Labute approximate surface area is 139 Å². The van der Waals surface area contributed by atoms with Crippen LogP contribution < -0.4 is 0 Å². The lowest BCUT2D eigenvalue weighted by molar-refractivity contribution is -0.133. The van der Waals surface area contributed by atoms with Crippen molar-refractivity contribution in [2.75, 3.05) is 26.2 Å². The van der Waals surface area contributed by atoms with Gasteiger partial charge in [-0.15, -0.1) is 0 Å². The first-order valence-corrected chi connectivity index (χ1v) is 9.77. The average Bonchev–Trinajstić information content (AvgIpc) is 3.19. The van der Waals surface area contributed by atoms with Gasteiger partial charge in [0.05, 0.1) is 10.8 Å². The van der Waals surface area contributed by atoms with Crippen LogP contribution in [-0.2, 0) is 14.8 Å². The van der Waals surface area contributed by atoms with Crippen LogP contribution in [0.4, 0.5) is 0 Å². The molecular formula is C15H19BrN2O3S. The highest BCUT2D eigenvalue weighted by atomic mass is 79.9. The maximum Gasteiger partial charge on any atom is 0.244 e. The van der Waals surface area contributed by atoms with Crippen LogP contribution in [0.25, 0.3) is 0 Å². The number of nitrogens with zero attached hydrogens (tertiary/aromatic N) is 2. The summed E-state index contributed by atoms with van der Waals surface area (Å²) in [5.41, 5.74) is 0. The Kier molecular flexibility index (Phi) is 4.56. The van der Waals surface area contributed by atoms with Gasteiger partial charge in [-0.05, 0) is 47.3 Å². The molecule has 22 heavy (non-hydrogen) atoms. The second kappa shape index (κ2) is 6.29. The Morgan fingerprint density at radius 3 is 2.50 bits per heavy atom. The predicted octanol–water partition coefficient (Wildman–Crippen LogP) is 2.08. The molecule has 2 heterocycles. The quantitative estimate of drug-likeness (QED) is 0.798. The molecule has 3 rings (SSSR count). The molecule has 1 aromatic carbocycles. The van der Waals surface area contributed by atoms with Crippen LogP contribution >= 0.6 is 15.9 Å². The maximum absolute atomic E-state index is 12.7. The largest absolute Gasteiger partial charge is 0.342 e. The summed E-state index contributed by atoms with van der Waals surface area (Å²) in [6.45, 7) is 2.32. The number of hydrogen-bond acceptors (Lipinski definition) is 3. The molecule has 0 saturated carbocycles. The van der Waals surface area contributed by atoms with Crippen molar-refractivity contribution >= 4 is 31.9 Å². The van der Waals surface area contributed by atoms with E-state index >= 15 is 0 Å². The summed E-state index contributed by atoms with van der Waals surface area (Å²) < 4.78 is 27.4. The van der Waals surface area contributed by atoms with Crippen LogP contribution in [0.1, 0.15) is 19.3 Å². The number of carbonyl (C=O) groups excluding carboxylic acids is 1. The zero-order valence-electron chi connectivity index (χ0n) is 12.2. The van der Waals surface area contributed by atoms with Gasteiger partial charge in [-0.1, -0.05) is 12.1 Å². The van der Waals surface area contributed by atoms with E-state index in [1.807, 2.05) is 4.90 Å². The molecule has 1 amide bonds. The van der Waals surface area contributed by atoms with Crippen molar-refractivity contribution in [3.05, 3.63) is 28.7 Å². The fraction of sp³-hybridized carbons (Fsp3) is 0.533. The molecule has 2 aliphatic heterocycles. The molecule has 2 saturated heterocycles.